The van der Waals surface area contributed by atoms with Crippen molar-refractivity contribution in [1.29, 1.82) is 0 Å². The molecule has 3 aromatic heterocycles. The van der Waals surface area contributed by atoms with Gasteiger partial charge < -0.3 is 4.74 Å². The highest BCUT2D eigenvalue weighted by Crippen LogP contribution is 2.35. The third kappa shape index (κ3) is 3.93. The van der Waals surface area contributed by atoms with Gasteiger partial charge >= 0.3 is 5.97 Å². The third-order valence-electron chi connectivity index (χ3n) is 4.37. The second-order valence-corrected chi connectivity index (χ2v) is 8.22. The van der Waals surface area contributed by atoms with Crippen LogP contribution in [-0.2, 0) is 11.2 Å². The molecular weight excluding hydrogens is 394 g/mol. The van der Waals surface area contributed by atoms with Gasteiger partial charge in [-0.05, 0) is 30.0 Å². The molecule has 0 aliphatic heterocycles. The van der Waals surface area contributed by atoms with Crippen molar-refractivity contribution in [3.8, 4) is 11.3 Å². The molecule has 0 saturated carbocycles. The standard InChI is InChI=1S/C21H18ClN3O2S/c1-14(11-15-7-3-2-4-8-15)13-27-21(26)20-24-18(19(22)28-20)16-12-23-25-10-6-5-9-17(16)25/h2-10,12,14H,11,13H2,1H3/t14-/m1/s1. The highest BCUT2D eigenvalue weighted by Gasteiger charge is 2.21. The fourth-order valence-corrected chi connectivity index (χ4v) is 4.09. The number of esters is 1. The predicted molar refractivity (Wildman–Crippen MR) is 111 cm³/mol. The number of aromatic nitrogens is 3. The van der Waals surface area contributed by atoms with E-state index in [-0.39, 0.29) is 10.9 Å². The molecule has 0 aliphatic carbocycles. The van der Waals surface area contributed by atoms with Crippen LogP contribution < -0.4 is 0 Å². The van der Waals surface area contributed by atoms with E-state index in [4.69, 9.17) is 16.3 Å². The molecule has 0 amide bonds. The van der Waals surface area contributed by atoms with Gasteiger partial charge in [-0.25, -0.2) is 14.3 Å². The molecule has 7 heteroatoms. The van der Waals surface area contributed by atoms with Crippen LogP contribution in [0.1, 0.15) is 22.3 Å². The van der Waals surface area contributed by atoms with Crippen LogP contribution in [0.3, 0.4) is 0 Å². The third-order valence-corrected chi connectivity index (χ3v) is 5.60. The Balaban J connectivity index is 1.45. The minimum Gasteiger partial charge on any atom is -0.460 e. The molecule has 3 heterocycles. The lowest BCUT2D eigenvalue weighted by Gasteiger charge is -2.11. The number of carbonyl (C=O) groups is 1. The van der Waals surface area contributed by atoms with E-state index in [2.05, 4.69) is 29.1 Å². The van der Waals surface area contributed by atoms with Crippen LogP contribution in [0, 0.1) is 5.92 Å². The molecule has 0 aliphatic rings. The number of hydrogen-bond acceptors (Lipinski definition) is 5. The molecule has 0 N–H and O–H groups in total. The number of fused-ring (bicyclic) bond motifs is 1. The van der Waals surface area contributed by atoms with Crippen molar-refractivity contribution in [1.82, 2.24) is 14.6 Å². The SMILES string of the molecule is C[C@@H](COC(=O)c1nc(-c2cnn3ccccc23)c(Cl)s1)Cc1ccccc1. The zero-order valence-corrected chi connectivity index (χ0v) is 16.8. The van der Waals surface area contributed by atoms with Crippen LogP contribution in [-0.4, -0.2) is 27.2 Å². The zero-order chi connectivity index (χ0) is 19.5. The van der Waals surface area contributed by atoms with Gasteiger partial charge in [0, 0.05) is 11.8 Å². The molecule has 1 aromatic carbocycles. The van der Waals surface area contributed by atoms with Gasteiger partial charge in [0.25, 0.3) is 0 Å². The van der Waals surface area contributed by atoms with E-state index in [0.29, 0.717) is 16.6 Å². The first-order valence-corrected chi connectivity index (χ1v) is 10.1. The fourth-order valence-electron chi connectivity index (χ4n) is 3.03. The number of rotatable bonds is 6. The monoisotopic (exact) mass is 411 g/mol. The lowest BCUT2D eigenvalue weighted by Crippen LogP contribution is -2.13. The van der Waals surface area contributed by atoms with Crippen molar-refractivity contribution in [3.63, 3.8) is 0 Å². The van der Waals surface area contributed by atoms with E-state index in [1.54, 1.807) is 10.7 Å². The molecule has 28 heavy (non-hydrogen) atoms. The Morgan fingerprint density at radius 2 is 2.00 bits per heavy atom. The van der Waals surface area contributed by atoms with Gasteiger partial charge in [-0.15, -0.1) is 0 Å². The lowest BCUT2D eigenvalue weighted by atomic mass is 10.0. The number of pyridine rings is 1. The summed E-state index contributed by atoms with van der Waals surface area (Å²) < 4.78 is 7.66. The van der Waals surface area contributed by atoms with Crippen LogP contribution in [0.4, 0.5) is 0 Å². The second kappa shape index (κ2) is 8.12. The van der Waals surface area contributed by atoms with Crippen molar-refractivity contribution < 1.29 is 9.53 Å². The summed E-state index contributed by atoms with van der Waals surface area (Å²) in [5.41, 5.74) is 3.44. The fraction of sp³-hybridized carbons (Fsp3) is 0.190. The number of ether oxygens (including phenoxy) is 1. The smallest absolute Gasteiger partial charge is 0.367 e. The zero-order valence-electron chi connectivity index (χ0n) is 15.2. The Bertz CT molecular complexity index is 1110. The summed E-state index contributed by atoms with van der Waals surface area (Å²) >= 11 is 7.49. The maximum atomic E-state index is 12.4. The van der Waals surface area contributed by atoms with Crippen LogP contribution in [0.25, 0.3) is 16.8 Å². The van der Waals surface area contributed by atoms with E-state index in [1.807, 2.05) is 42.6 Å². The van der Waals surface area contributed by atoms with Crippen molar-refractivity contribution in [2.75, 3.05) is 6.61 Å². The van der Waals surface area contributed by atoms with Crippen molar-refractivity contribution in [3.05, 3.63) is 75.8 Å². The first-order chi connectivity index (χ1) is 13.6. The Morgan fingerprint density at radius 1 is 1.21 bits per heavy atom. The molecule has 4 rings (SSSR count). The molecule has 0 spiro atoms. The Kier molecular flexibility index (Phi) is 5.41. The summed E-state index contributed by atoms with van der Waals surface area (Å²) in [7, 11) is 0. The molecule has 0 bridgehead atoms. The summed E-state index contributed by atoms with van der Waals surface area (Å²) in [6.07, 6.45) is 4.40. The lowest BCUT2D eigenvalue weighted by molar-refractivity contribution is 0.0449. The van der Waals surface area contributed by atoms with E-state index in [9.17, 15) is 4.79 Å². The quantitative estimate of drug-likeness (QED) is 0.412. The first-order valence-electron chi connectivity index (χ1n) is 8.92. The van der Waals surface area contributed by atoms with Gasteiger partial charge in [-0.2, -0.15) is 5.10 Å². The number of carbonyl (C=O) groups excluding carboxylic acids is 1. The summed E-state index contributed by atoms with van der Waals surface area (Å²) in [6.45, 7) is 2.39. The predicted octanol–water partition coefficient (Wildman–Crippen LogP) is 5.15. The molecule has 0 unspecified atom stereocenters. The minimum atomic E-state index is -0.450. The minimum absolute atomic E-state index is 0.209. The average molecular weight is 412 g/mol. The van der Waals surface area contributed by atoms with Gasteiger partial charge in [0.05, 0.1) is 18.3 Å². The van der Waals surface area contributed by atoms with Crippen molar-refractivity contribution >= 4 is 34.4 Å². The van der Waals surface area contributed by atoms with Crippen molar-refractivity contribution in [2.24, 2.45) is 5.92 Å². The molecule has 0 fully saturated rings. The van der Waals surface area contributed by atoms with Crippen LogP contribution >= 0.6 is 22.9 Å². The maximum absolute atomic E-state index is 12.4. The molecule has 5 nitrogen and oxygen atoms in total. The van der Waals surface area contributed by atoms with Gasteiger partial charge in [0.1, 0.15) is 10.0 Å². The highest BCUT2D eigenvalue weighted by molar-refractivity contribution is 7.18. The summed E-state index contributed by atoms with van der Waals surface area (Å²) in [4.78, 5) is 16.9. The number of thiazole rings is 1. The Morgan fingerprint density at radius 3 is 2.82 bits per heavy atom. The first kappa shape index (κ1) is 18.7. The molecule has 1 atom stereocenters. The van der Waals surface area contributed by atoms with Crippen LogP contribution in [0.2, 0.25) is 4.34 Å². The Labute approximate surface area is 171 Å². The second-order valence-electron chi connectivity index (χ2n) is 6.62. The highest BCUT2D eigenvalue weighted by atomic mass is 35.5. The van der Waals surface area contributed by atoms with Gasteiger partial charge in [0.15, 0.2) is 0 Å². The van der Waals surface area contributed by atoms with Crippen LogP contribution in [0.5, 0.6) is 0 Å². The molecule has 0 radical (unpaired) electrons. The molecular formula is C21H18ClN3O2S. The van der Waals surface area contributed by atoms with Crippen molar-refractivity contribution in [2.45, 2.75) is 13.3 Å². The number of halogens is 1. The largest absolute Gasteiger partial charge is 0.460 e. The number of hydrogen-bond donors (Lipinski definition) is 0. The van der Waals surface area contributed by atoms with Crippen LogP contribution in [0.15, 0.2) is 60.9 Å². The number of nitrogens with zero attached hydrogens (tertiary/aromatic N) is 3. The molecule has 0 saturated heterocycles. The molecule has 142 valence electrons. The maximum Gasteiger partial charge on any atom is 0.367 e. The average Bonchev–Trinajstić information content (AvgIpc) is 3.30. The number of benzene rings is 1. The van der Waals surface area contributed by atoms with E-state index >= 15 is 0 Å². The summed E-state index contributed by atoms with van der Waals surface area (Å²) in [5.74, 6) is -0.240. The summed E-state index contributed by atoms with van der Waals surface area (Å²) in [6, 6.07) is 15.9. The summed E-state index contributed by atoms with van der Waals surface area (Å²) in [5, 5.41) is 4.55. The van der Waals surface area contributed by atoms with Gasteiger partial charge in [-0.3, -0.25) is 0 Å². The topological polar surface area (TPSA) is 56.5 Å². The molecule has 4 aromatic rings. The Hall–Kier alpha value is -2.70. The van der Waals surface area contributed by atoms with E-state index in [1.165, 1.54) is 5.56 Å². The normalized spacial score (nSPS) is 12.2. The van der Waals surface area contributed by atoms with Gasteiger partial charge in [0.2, 0.25) is 5.01 Å². The van der Waals surface area contributed by atoms with E-state index < -0.39 is 5.97 Å². The van der Waals surface area contributed by atoms with Gasteiger partial charge in [-0.1, -0.05) is 66.3 Å². The van der Waals surface area contributed by atoms with E-state index in [0.717, 1.165) is 28.8 Å².